The summed E-state index contributed by atoms with van der Waals surface area (Å²) < 4.78 is 6.99. The van der Waals surface area contributed by atoms with Crippen LogP contribution in [-0.4, -0.2) is 44.9 Å². The van der Waals surface area contributed by atoms with Gasteiger partial charge in [0.2, 0.25) is 0 Å². The second-order valence-electron chi connectivity index (χ2n) is 7.47. The number of piperazine rings is 1. The van der Waals surface area contributed by atoms with Gasteiger partial charge < -0.3 is 10.5 Å². The van der Waals surface area contributed by atoms with Crippen LogP contribution in [0, 0.1) is 6.92 Å². The lowest BCUT2D eigenvalue weighted by atomic mass is 10.1. The Bertz CT molecular complexity index is 1110. The molecule has 1 atom stereocenters. The molecule has 2 aliphatic rings. The van der Waals surface area contributed by atoms with Crippen molar-refractivity contribution >= 4 is 27.7 Å². The molecule has 148 valence electrons. The normalized spacial score (nSPS) is 18.9. The zero-order chi connectivity index (χ0) is 20.0. The molecule has 7 nitrogen and oxygen atoms in total. The maximum Gasteiger partial charge on any atom is 0.319 e. The van der Waals surface area contributed by atoms with E-state index in [2.05, 4.69) is 33.1 Å². The van der Waals surface area contributed by atoms with E-state index in [0.717, 1.165) is 53.4 Å². The first kappa shape index (κ1) is 18.1. The van der Waals surface area contributed by atoms with Gasteiger partial charge in [0.25, 0.3) is 5.19 Å². The van der Waals surface area contributed by atoms with E-state index in [0.29, 0.717) is 5.19 Å². The Balaban J connectivity index is 1.24. The number of carbonyl (C=O) groups is 1. The molecule has 2 aromatic heterocycles. The van der Waals surface area contributed by atoms with Gasteiger partial charge in [0.15, 0.2) is 5.65 Å². The van der Waals surface area contributed by atoms with Crippen molar-refractivity contribution in [2.45, 2.75) is 25.9 Å². The Morgan fingerprint density at radius 1 is 1.31 bits per heavy atom. The van der Waals surface area contributed by atoms with Gasteiger partial charge in [-0.3, -0.25) is 9.80 Å². The van der Waals surface area contributed by atoms with Gasteiger partial charge in [0, 0.05) is 31.5 Å². The minimum Gasteiger partial charge on any atom is -0.431 e. The van der Waals surface area contributed by atoms with Crippen molar-refractivity contribution in [3.8, 4) is 10.9 Å². The van der Waals surface area contributed by atoms with Crippen LogP contribution in [0.3, 0.4) is 0 Å². The van der Waals surface area contributed by atoms with Crippen molar-refractivity contribution in [3.05, 3.63) is 59.4 Å². The zero-order valence-electron chi connectivity index (χ0n) is 16.0. The van der Waals surface area contributed by atoms with Crippen LogP contribution in [0.1, 0.15) is 17.5 Å². The summed E-state index contributed by atoms with van der Waals surface area (Å²) in [6.07, 6.45) is 4.78. The number of urea groups is 1. The van der Waals surface area contributed by atoms with Crippen LogP contribution in [0.5, 0.6) is 10.9 Å². The van der Waals surface area contributed by atoms with E-state index in [1.165, 1.54) is 16.9 Å². The number of amides is 2. The number of benzene rings is 1. The quantitative estimate of drug-likeness (QED) is 0.714. The van der Waals surface area contributed by atoms with Gasteiger partial charge in [-0.05, 0) is 42.7 Å². The van der Waals surface area contributed by atoms with Gasteiger partial charge in [0.05, 0.1) is 10.7 Å². The number of aryl methyl sites for hydroxylation is 1. The van der Waals surface area contributed by atoms with Gasteiger partial charge in [-0.1, -0.05) is 29.5 Å². The van der Waals surface area contributed by atoms with E-state index >= 15 is 0 Å². The number of hydrogen-bond acceptors (Lipinski definition) is 6. The Hall–Kier alpha value is -2.97. The predicted octanol–water partition coefficient (Wildman–Crippen LogP) is 3.64. The Kier molecular flexibility index (Phi) is 4.44. The van der Waals surface area contributed by atoms with Crippen LogP contribution in [-0.2, 0) is 6.54 Å². The maximum absolute atomic E-state index is 11.6. The minimum atomic E-state index is -0.347. The smallest absolute Gasteiger partial charge is 0.319 e. The molecule has 1 fully saturated rings. The van der Waals surface area contributed by atoms with Crippen LogP contribution in [0.2, 0.25) is 0 Å². The Morgan fingerprint density at radius 2 is 2.14 bits per heavy atom. The number of nitrogens with zero attached hydrogens (tertiary/aromatic N) is 4. The lowest BCUT2D eigenvalue weighted by Crippen LogP contribution is -2.52. The summed E-state index contributed by atoms with van der Waals surface area (Å²) in [5.41, 5.74) is 9.60. The van der Waals surface area contributed by atoms with Crippen molar-refractivity contribution in [2.24, 2.45) is 5.73 Å². The summed E-state index contributed by atoms with van der Waals surface area (Å²) in [4.78, 5) is 24.4. The number of fused-ring (bicyclic) bond motifs is 3. The summed E-state index contributed by atoms with van der Waals surface area (Å²) in [7, 11) is 0. The summed E-state index contributed by atoms with van der Waals surface area (Å²) in [6, 6.07) is 9.87. The molecule has 0 saturated carbocycles. The molecule has 1 saturated heterocycles. The number of aromatic nitrogens is 2. The SMILES string of the molecule is Cc1ccnc2nc(Oc3ccc(CN4CC5=CC[C@H](C4)N5C(N)=O)cc3)sc12. The molecule has 8 heteroatoms. The first-order valence-corrected chi connectivity index (χ1v) is 10.4. The summed E-state index contributed by atoms with van der Waals surface area (Å²) >= 11 is 1.51. The minimum absolute atomic E-state index is 0.162. The molecule has 1 aromatic carbocycles. The van der Waals surface area contributed by atoms with Crippen molar-refractivity contribution in [2.75, 3.05) is 13.1 Å². The zero-order valence-corrected chi connectivity index (χ0v) is 16.9. The number of primary amides is 1. The van der Waals surface area contributed by atoms with Gasteiger partial charge in [0.1, 0.15) is 5.75 Å². The first-order chi connectivity index (χ1) is 14.1. The van der Waals surface area contributed by atoms with Crippen LogP contribution in [0.4, 0.5) is 4.79 Å². The molecule has 2 amide bonds. The molecule has 3 aromatic rings. The number of thiazole rings is 1. The fourth-order valence-electron chi connectivity index (χ4n) is 4.04. The second-order valence-corrected chi connectivity index (χ2v) is 8.43. The lowest BCUT2D eigenvalue weighted by molar-refractivity contribution is 0.141. The van der Waals surface area contributed by atoms with E-state index in [1.54, 1.807) is 11.1 Å². The van der Waals surface area contributed by atoms with Gasteiger partial charge in [-0.15, -0.1) is 0 Å². The number of hydrogen-bond donors (Lipinski definition) is 1. The first-order valence-electron chi connectivity index (χ1n) is 9.56. The van der Waals surface area contributed by atoms with E-state index in [4.69, 9.17) is 10.5 Å². The lowest BCUT2D eigenvalue weighted by Gasteiger charge is -2.38. The maximum atomic E-state index is 11.6. The molecular weight excluding hydrogens is 386 g/mol. The summed E-state index contributed by atoms with van der Waals surface area (Å²) in [5, 5.41) is 0.598. The van der Waals surface area contributed by atoms with E-state index in [-0.39, 0.29) is 12.1 Å². The summed E-state index contributed by atoms with van der Waals surface area (Å²) in [6.45, 7) is 4.45. The second kappa shape index (κ2) is 7.13. The number of ether oxygens (including phenoxy) is 1. The molecule has 5 rings (SSSR count). The number of carbonyl (C=O) groups excluding carboxylic acids is 1. The van der Waals surface area contributed by atoms with Crippen molar-refractivity contribution < 1.29 is 9.53 Å². The number of pyridine rings is 1. The van der Waals surface area contributed by atoms with E-state index in [9.17, 15) is 4.79 Å². The third-order valence-corrected chi connectivity index (χ3v) is 6.45. The number of rotatable bonds is 4. The number of nitrogens with two attached hydrogens (primary N) is 1. The molecule has 2 bridgehead atoms. The highest BCUT2D eigenvalue weighted by Gasteiger charge is 2.36. The van der Waals surface area contributed by atoms with Crippen molar-refractivity contribution in [1.82, 2.24) is 19.8 Å². The van der Waals surface area contributed by atoms with E-state index in [1.807, 2.05) is 25.1 Å². The average Bonchev–Trinajstić information content (AvgIpc) is 3.23. The highest BCUT2D eigenvalue weighted by molar-refractivity contribution is 7.20. The molecule has 4 heterocycles. The Morgan fingerprint density at radius 3 is 2.86 bits per heavy atom. The molecular formula is C21H21N5O2S. The van der Waals surface area contributed by atoms with Crippen LogP contribution in [0.15, 0.2) is 48.3 Å². The average molecular weight is 407 g/mol. The fourth-order valence-corrected chi connectivity index (χ4v) is 4.90. The third-order valence-electron chi connectivity index (χ3n) is 5.40. The monoisotopic (exact) mass is 407 g/mol. The highest BCUT2D eigenvalue weighted by atomic mass is 32.1. The topological polar surface area (TPSA) is 84.6 Å². The summed E-state index contributed by atoms with van der Waals surface area (Å²) in [5.74, 6) is 0.756. The van der Waals surface area contributed by atoms with Crippen molar-refractivity contribution in [3.63, 3.8) is 0 Å². The molecule has 0 aliphatic carbocycles. The van der Waals surface area contributed by atoms with Crippen LogP contribution in [0.25, 0.3) is 10.3 Å². The molecule has 0 spiro atoms. The molecule has 0 unspecified atom stereocenters. The van der Waals surface area contributed by atoms with Crippen molar-refractivity contribution in [1.29, 1.82) is 0 Å². The predicted molar refractivity (Wildman–Crippen MR) is 112 cm³/mol. The molecule has 2 N–H and O–H groups in total. The molecule has 29 heavy (non-hydrogen) atoms. The van der Waals surface area contributed by atoms with Crippen LogP contribution >= 0.6 is 11.3 Å². The van der Waals surface area contributed by atoms with Gasteiger partial charge >= 0.3 is 6.03 Å². The van der Waals surface area contributed by atoms with Crippen LogP contribution < -0.4 is 10.5 Å². The largest absolute Gasteiger partial charge is 0.431 e. The Labute approximate surface area is 172 Å². The fraction of sp³-hybridized carbons (Fsp3) is 0.286. The van der Waals surface area contributed by atoms with Gasteiger partial charge in [-0.2, -0.15) is 4.98 Å². The third kappa shape index (κ3) is 3.45. The molecule has 0 radical (unpaired) electrons. The van der Waals surface area contributed by atoms with E-state index < -0.39 is 0 Å². The highest BCUT2D eigenvalue weighted by Crippen LogP contribution is 2.33. The standard InChI is InChI=1S/C21H21N5O2S/c1-13-8-9-23-19-18(13)29-21(24-19)28-17-6-2-14(3-7-17)10-25-11-15-4-5-16(12-25)26(15)20(22)27/h2-4,6-9,16H,5,10-12H2,1H3,(H2,22,27)/t16-/m1/s1. The molecule has 2 aliphatic heterocycles. The van der Waals surface area contributed by atoms with Gasteiger partial charge in [-0.25, -0.2) is 9.78 Å².